The zero-order chi connectivity index (χ0) is 18.3. The van der Waals surface area contributed by atoms with Gasteiger partial charge in [0.15, 0.2) is 0 Å². The Labute approximate surface area is 178 Å². The summed E-state index contributed by atoms with van der Waals surface area (Å²) in [5.74, 6) is -5.49. The molecular formula is C16H10O8Sr. The van der Waals surface area contributed by atoms with Crippen LogP contribution in [0.25, 0.3) is 0 Å². The summed E-state index contributed by atoms with van der Waals surface area (Å²) in [7, 11) is 0. The molecule has 25 heavy (non-hydrogen) atoms. The molecular weight excluding hydrogens is 408 g/mol. The second-order valence-electron chi connectivity index (χ2n) is 4.28. The van der Waals surface area contributed by atoms with E-state index in [1.165, 1.54) is 48.5 Å². The number of aromatic carboxylic acids is 4. The van der Waals surface area contributed by atoms with Crippen molar-refractivity contribution in [2.24, 2.45) is 0 Å². The summed E-state index contributed by atoms with van der Waals surface area (Å²) in [6.45, 7) is 0. The van der Waals surface area contributed by atoms with Crippen LogP contribution in [0.2, 0.25) is 0 Å². The fourth-order valence-electron chi connectivity index (χ4n) is 1.70. The molecule has 9 heteroatoms. The molecule has 0 fully saturated rings. The van der Waals surface area contributed by atoms with Gasteiger partial charge < -0.3 is 30.0 Å². The predicted molar refractivity (Wildman–Crippen MR) is 81.2 cm³/mol. The van der Waals surface area contributed by atoms with Crippen molar-refractivity contribution in [3.63, 3.8) is 0 Å². The second-order valence-corrected chi connectivity index (χ2v) is 4.28. The largest absolute Gasteiger partial charge is 2.00 e. The fourth-order valence-corrected chi connectivity index (χ4v) is 1.70. The van der Waals surface area contributed by atoms with E-state index in [-0.39, 0.29) is 67.7 Å². The first kappa shape index (κ1) is 22.8. The van der Waals surface area contributed by atoms with Gasteiger partial charge in [-0.2, -0.15) is 0 Å². The van der Waals surface area contributed by atoms with Gasteiger partial charge in [-0.05, 0) is 12.1 Å². The van der Waals surface area contributed by atoms with E-state index in [0.717, 1.165) is 0 Å². The minimum atomic E-state index is -1.48. The summed E-state index contributed by atoms with van der Waals surface area (Å²) in [5, 5.41) is 37.8. The van der Waals surface area contributed by atoms with E-state index in [9.17, 15) is 29.4 Å². The van der Waals surface area contributed by atoms with Crippen molar-refractivity contribution in [2.75, 3.05) is 0 Å². The van der Waals surface area contributed by atoms with E-state index in [0.29, 0.717) is 0 Å². The number of carbonyl (C=O) groups is 4. The summed E-state index contributed by atoms with van der Waals surface area (Å²) in [5.41, 5.74) is -1.11. The van der Waals surface area contributed by atoms with Crippen LogP contribution >= 0.6 is 0 Å². The first-order valence-corrected chi connectivity index (χ1v) is 6.33. The predicted octanol–water partition coefficient (Wildman–Crippen LogP) is -0.884. The van der Waals surface area contributed by atoms with Gasteiger partial charge in [0.05, 0.1) is 23.1 Å². The second kappa shape index (κ2) is 10.6. The van der Waals surface area contributed by atoms with Crippen molar-refractivity contribution < 1.29 is 39.6 Å². The molecule has 0 aliphatic carbocycles. The quantitative estimate of drug-likeness (QED) is 0.607. The van der Waals surface area contributed by atoms with Gasteiger partial charge in [0.2, 0.25) is 0 Å². The third-order valence-corrected chi connectivity index (χ3v) is 2.75. The van der Waals surface area contributed by atoms with Crippen molar-refractivity contribution in [1.29, 1.82) is 0 Å². The summed E-state index contributed by atoms with van der Waals surface area (Å²) >= 11 is 0. The zero-order valence-corrected chi connectivity index (χ0v) is 16.1. The number of carboxylic acids is 4. The van der Waals surface area contributed by atoms with Crippen molar-refractivity contribution in [1.82, 2.24) is 0 Å². The molecule has 0 heterocycles. The van der Waals surface area contributed by atoms with E-state index >= 15 is 0 Å². The number of carboxylic acid groups (broad SMARTS) is 4. The molecule has 0 radical (unpaired) electrons. The van der Waals surface area contributed by atoms with E-state index in [1.807, 2.05) is 0 Å². The zero-order valence-electron chi connectivity index (χ0n) is 12.7. The molecule has 0 amide bonds. The van der Waals surface area contributed by atoms with Crippen LogP contribution in [-0.2, 0) is 0 Å². The van der Waals surface area contributed by atoms with E-state index in [4.69, 9.17) is 10.2 Å². The van der Waals surface area contributed by atoms with E-state index in [2.05, 4.69) is 0 Å². The maximum atomic E-state index is 10.4. The Kier molecular flexibility index (Phi) is 9.69. The summed E-state index contributed by atoms with van der Waals surface area (Å²) in [6.07, 6.45) is 0. The minimum absolute atomic E-state index is 0. The Balaban J connectivity index is 0.000000443. The average molecular weight is 418 g/mol. The van der Waals surface area contributed by atoms with Crippen LogP contribution in [0, 0.1) is 0 Å². The Morgan fingerprint density at radius 2 is 0.840 bits per heavy atom. The van der Waals surface area contributed by atoms with Crippen LogP contribution in [-0.4, -0.2) is 79.6 Å². The number of rotatable bonds is 4. The molecule has 0 spiro atoms. The molecule has 0 aliphatic rings. The van der Waals surface area contributed by atoms with Crippen LogP contribution in [0.1, 0.15) is 41.4 Å². The van der Waals surface area contributed by atoms with Gasteiger partial charge in [-0.1, -0.05) is 36.4 Å². The maximum absolute atomic E-state index is 10.4. The van der Waals surface area contributed by atoms with Gasteiger partial charge >= 0.3 is 57.4 Å². The van der Waals surface area contributed by atoms with E-state index in [1.54, 1.807) is 0 Å². The number of hydrogen-bond acceptors (Lipinski definition) is 6. The third-order valence-electron chi connectivity index (χ3n) is 2.75. The fraction of sp³-hybridized carbons (Fsp3) is 0. The minimum Gasteiger partial charge on any atom is -0.545 e. The molecule has 0 aliphatic heterocycles. The molecule has 0 saturated carbocycles. The van der Waals surface area contributed by atoms with Gasteiger partial charge in [-0.15, -0.1) is 0 Å². The standard InChI is InChI=1S/2C8H6O4.Sr/c2*9-7(10)5-3-1-2-4-6(5)8(11)12;/h2*1-4H,(H,9,10)(H,11,12);/q;;+2/p-2. The average Bonchev–Trinajstić information content (AvgIpc) is 2.55. The van der Waals surface area contributed by atoms with Crippen LogP contribution in [0.4, 0.5) is 0 Å². The Bertz CT molecular complexity index is 667. The summed E-state index contributed by atoms with van der Waals surface area (Å²) in [4.78, 5) is 41.6. The molecule has 8 nitrogen and oxygen atoms in total. The Hall–Kier alpha value is -2.20. The molecule has 2 rings (SSSR count). The first-order chi connectivity index (χ1) is 11.3. The van der Waals surface area contributed by atoms with Crippen LogP contribution in [0.15, 0.2) is 48.5 Å². The molecule has 0 aromatic heterocycles. The van der Waals surface area contributed by atoms with Crippen molar-refractivity contribution in [3.05, 3.63) is 70.8 Å². The van der Waals surface area contributed by atoms with Crippen molar-refractivity contribution >= 4 is 69.4 Å². The van der Waals surface area contributed by atoms with E-state index < -0.39 is 23.9 Å². The first-order valence-electron chi connectivity index (χ1n) is 6.33. The third kappa shape index (κ3) is 6.67. The Morgan fingerprint density at radius 1 is 0.600 bits per heavy atom. The van der Waals surface area contributed by atoms with Crippen molar-refractivity contribution in [3.8, 4) is 0 Å². The topological polar surface area (TPSA) is 155 Å². The van der Waals surface area contributed by atoms with Gasteiger partial charge in [0.25, 0.3) is 0 Å². The molecule has 2 aromatic rings. The van der Waals surface area contributed by atoms with Crippen LogP contribution in [0.5, 0.6) is 0 Å². The molecule has 0 saturated heterocycles. The van der Waals surface area contributed by atoms with Gasteiger partial charge in [-0.3, -0.25) is 0 Å². The number of hydrogen-bond donors (Lipinski definition) is 2. The smallest absolute Gasteiger partial charge is 0.545 e. The van der Waals surface area contributed by atoms with Gasteiger partial charge in [0.1, 0.15) is 0 Å². The normalized spacial score (nSPS) is 8.96. The summed E-state index contributed by atoms with van der Waals surface area (Å²) < 4.78 is 0. The van der Waals surface area contributed by atoms with Crippen molar-refractivity contribution in [2.45, 2.75) is 0 Å². The molecule has 124 valence electrons. The Morgan fingerprint density at radius 3 is 1.00 bits per heavy atom. The molecule has 0 bridgehead atoms. The van der Waals surface area contributed by atoms with Gasteiger partial charge in [-0.25, -0.2) is 9.59 Å². The number of carbonyl (C=O) groups excluding carboxylic acids is 2. The summed E-state index contributed by atoms with van der Waals surface area (Å²) in [6, 6.07) is 10.6. The molecule has 0 atom stereocenters. The molecule has 0 unspecified atom stereocenters. The monoisotopic (exact) mass is 418 g/mol. The molecule has 2 N–H and O–H groups in total. The van der Waals surface area contributed by atoms with Crippen LogP contribution < -0.4 is 10.2 Å². The van der Waals surface area contributed by atoms with Crippen LogP contribution in [0.3, 0.4) is 0 Å². The van der Waals surface area contributed by atoms with Gasteiger partial charge in [0, 0.05) is 11.1 Å². The number of benzene rings is 2. The maximum Gasteiger partial charge on any atom is 2.00 e. The SMILES string of the molecule is O=C([O-])c1ccccc1C(=O)O.O=C([O-])c1ccccc1C(=O)O.[Sr+2]. The molecule has 2 aromatic carbocycles.